The predicted octanol–water partition coefficient (Wildman–Crippen LogP) is 2.61. The molecule has 1 aromatic rings. The Kier molecular flexibility index (Phi) is 6.97. The lowest BCUT2D eigenvalue weighted by molar-refractivity contribution is -0.136. The Morgan fingerprint density at radius 3 is 2.62 bits per heavy atom. The van der Waals surface area contributed by atoms with Gasteiger partial charge in [0.05, 0.1) is 19.3 Å². The summed E-state index contributed by atoms with van der Waals surface area (Å²) in [4.78, 5) is 21.5. The summed E-state index contributed by atoms with van der Waals surface area (Å²) < 4.78 is 10.3. The van der Waals surface area contributed by atoms with E-state index in [1.807, 2.05) is 60.2 Å². The standard InChI is InChI=1S/C20H27N3O3/c1-6-12-22(3)20-21-18(16-10-8-7-9-11-16)17(19(24)26-5)15(2)23(20)13-14-25-4/h6-11,18H,1,12-14H2,2-5H3. The molecule has 0 N–H and O–H groups in total. The molecule has 0 aromatic heterocycles. The van der Waals surface area contributed by atoms with Crippen LogP contribution in [-0.4, -0.2) is 62.7 Å². The van der Waals surface area contributed by atoms with Gasteiger partial charge in [-0.05, 0) is 12.5 Å². The molecule has 1 atom stereocenters. The van der Waals surface area contributed by atoms with Crippen molar-refractivity contribution in [3.63, 3.8) is 0 Å². The number of aliphatic imine (C=N–C) groups is 1. The molecule has 140 valence electrons. The first kappa shape index (κ1) is 19.7. The fourth-order valence-corrected chi connectivity index (χ4v) is 3.02. The smallest absolute Gasteiger partial charge is 0.338 e. The SMILES string of the molecule is C=CCN(C)C1=NC(c2ccccc2)C(C(=O)OC)=C(C)N1CCOC. The van der Waals surface area contributed by atoms with E-state index in [4.69, 9.17) is 14.5 Å². The second-order valence-corrected chi connectivity index (χ2v) is 6.05. The Morgan fingerprint density at radius 2 is 2.04 bits per heavy atom. The van der Waals surface area contributed by atoms with Crippen molar-refractivity contribution in [1.29, 1.82) is 0 Å². The van der Waals surface area contributed by atoms with Gasteiger partial charge >= 0.3 is 5.97 Å². The van der Waals surface area contributed by atoms with Crippen LogP contribution in [0.2, 0.25) is 0 Å². The van der Waals surface area contributed by atoms with Crippen LogP contribution in [-0.2, 0) is 14.3 Å². The van der Waals surface area contributed by atoms with Crippen molar-refractivity contribution in [2.24, 2.45) is 4.99 Å². The predicted molar refractivity (Wildman–Crippen MR) is 103 cm³/mol. The lowest BCUT2D eigenvalue weighted by Gasteiger charge is -2.38. The topological polar surface area (TPSA) is 54.4 Å². The van der Waals surface area contributed by atoms with E-state index in [1.54, 1.807) is 7.11 Å². The summed E-state index contributed by atoms with van der Waals surface area (Å²) in [6.07, 6.45) is 1.82. The minimum Gasteiger partial charge on any atom is -0.466 e. The maximum atomic E-state index is 12.5. The highest BCUT2D eigenvalue weighted by Gasteiger charge is 2.34. The van der Waals surface area contributed by atoms with Crippen LogP contribution in [0.5, 0.6) is 0 Å². The number of likely N-dealkylation sites (N-methyl/N-ethyl adjacent to an activating group) is 1. The summed E-state index contributed by atoms with van der Waals surface area (Å²) in [7, 11) is 5.01. The average molecular weight is 357 g/mol. The number of carbonyl (C=O) groups excluding carboxylic acids is 1. The molecule has 0 radical (unpaired) electrons. The van der Waals surface area contributed by atoms with E-state index in [-0.39, 0.29) is 5.97 Å². The Balaban J connectivity index is 2.57. The van der Waals surface area contributed by atoms with E-state index >= 15 is 0 Å². The van der Waals surface area contributed by atoms with Gasteiger partial charge in [-0.15, -0.1) is 6.58 Å². The van der Waals surface area contributed by atoms with Gasteiger partial charge in [0.15, 0.2) is 0 Å². The van der Waals surface area contributed by atoms with Gasteiger partial charge in [0.2, 0.25) is 5.96 Å². The zero-order valence-corrected chi connectivity index (χ0v) is 15.9. The van der Waals surface area contributed by atoms with Crippen molar-refractivity contribution in [2.45, 2.75) is 13.0 Å². The number of ether oxygens (including phenoxy) is 2. The fourth-order valence-electron chi connectivity index (χ4n) is 3.02. The first-order valence-electron chi connectivity index (χ1n) is 8.55. The molecule has 0 bridgehead atoms. The van der Waals surface area contributed by atoms with Crippen molar-refractivity contribution in [1.82, 2.24) is 9.80 Å². The molecule has 0 saturated carbocycles. The molecular formula is C20H27N3O3. The fraction of sp³-hybridized carbons (Fsp3) is 0.400. The Bertz CT molecular complexity index is 698. The first-order valence-corrected chi connectivity index (χ1v) is 8.55. The normalized spacial score (nSPS) is 17.0. The van der Waals surface area contributed by atoms with Crippen molar-refractivity contribution in [2.75, 3.05) is 41.0 Å². The van der Waals surface area contributed by atoms with E-state index in [0.29, 0.717) is 25.3 Å². The molecule has 1 heterocycles. The highest BCUT2D eigenvalue weighted by molar-refractivity contribution is 5.95. The molecule has 0 saturated heterocycles. The molecule has 1 unspecified atom stereocenters. The van der Waals surface area contributed by atoms with Crippen molar-refractivity contribution < 1.29 is 14.3 Å². The number of hydrogen-bond donors (Lipinski definition) is 0. The first-order chi connectivity index (χ1) is 12.5. The monoisotopic (exact) mass is 357 g/mol. The lowest BCUT2D eigenvalue weighted by atomic mass is 9.96. The summed E-state index contributed by atoms with van der Waals surface area (Å²) in [6.45, 7) is 7.48. The second-order valence-electron chi connectivity index (χ2n) is 6.05. The zero-order chi connectivity index (χ0) is 19.1. The Labute approximate surface area is 155 Å². The summed E-state index contributed by atoms with van der Waals surface area (Å²) in [6, 6.07) is 9.37. The van der Waals surface area contributed by atoms with Gasteiger partial charge in [0, 0.05) is 32.9 Å². The molecule has 6 heteroatoms. The van der Waals surface area contributed by atoms with Gasteiger partial charge in [0.1, 0.15) is 6.04 Å². The molecule has 0 spiro atoms. The number of esters is 1. The third kappa shape index (κ3) is 4.14. The Hall–Kier alpha value is -2.60. The summed E-state index contributed by atoms with van der Waals surface area (Å²) in [5.41, 5.74) is 2.32. The number of benzene rings is 1. The highest BCUT2D eigenvalue weighted by atomic mass is 16.5. The van der Waals surface area contributed by atoms with E-state index in [0.717, 1.165) is 17.2 Å². The molecule has 26 heavy (non-hydrogen) atoms. The zero-order valence-electron chi connectivity index (χ0n) is 15.9. The average Bonchev–Trinajstić information content (AvgIpc) is 2.66. The molecule has 0 fully saturated rings. The van der Waals surface area contributed by atoms with E-state index in [1.165, 1.54) is 7.11 Å². The Morgan fingerprint density at radius 1 is 1.35 bits per heavy atom. The van der Waals surface area contributed by atoms with Gasteiger partial charge < -0.3 is 19.3 Å². The van der Waals surface area contributed by atoms with Crippen LogP contribution in [0.25, 0.3) is 0 Å². The third-order valence-corrected chi connectivity index (χ3v) is 4.34. The van der Waals surface area contributed by atoms with Crippen LogP contribution in [0.15, 0.2) is 59.2 Å². The van der Waals surface area contributed by atoms with Gasteiger partial charge in [-0.2, -0.15) is 0 Å². The number of rotatable bonds is 7. The van der Waals surface area contributed by atoms with Crippen LogP contribution in [0, 0.1) is 0 Å². The second kappa shape index (κ2) is 9.20. The summed E-state index contributed by atoms with van der Waals surface area (Å²) in [5.74, 6) is 0.411. The third-order valence-electron chi connectivity index (χ3n) is 4.34. The lowest BCUT2D eigenvalue weighted by Crippen LogP contribution is -2.46. The summed E-state index contributed by atoms with van der Waals surface area (Å²) >= 11 is 0. The summed E-state index contributed by atoms with van der Waals surface area (Å²) in [5, 5.41) is 0. The molecule has 1 aromatic carbocycles. The molecule has 6 nitrogen and oxygen atoms in total. The number of nitrogens with zero attached hydrogens (tertiary/aromatic N) is 3. The number of allylic oxidation sites excluding steroid dienone is 1. The maximum Gasteiger partial charge on any atom is 0.338 e. The highest BCUT2D eigenvalue weighted by Crippen LogP contribution is 2.34. The largest absolute Gasteiger partial charge is 0.466 e. The molecule has 2 rings (SSSR count). The maximum absolute atomic E-state index is 12.5. The van der Waals surface area contributed by atoms with E-state index < -0.39 is 6.04 Å². The van der Waals surface area contributed by atoms with Gasteiger partial charge in [-0.25, -0.2) is 9.79 Å². The van der Waals surface area contributed by atoms with Crippen molar-refractivity contribution in [3.05, 3.63) is 59.8 Å². The van der Waals surface area contributed by atoms with Crippen molar-refractivity contribution >= 4 is 11.9 Å². The number of guanidine groups is 1. The van der Waals surface area contributed by atoms with Crippen LogP contribution >= 0.6 is 0 Å². The van der Waals surface area contributed by atoms with Crippen LogP contribution in [0.3, 0.4) is 0 Å². The van der Waals surface area contributed by atoms with Crippen LogP contribution < -0.4 is 0 Å². The minimum absolute atomic E-state index is 0.368. The molecular weight excluding hydrogens is 330 g/mol. The van der Waals surface area contributed by atoms with E-state index in [9.17, 15) is 4.79 Å². The van der Waals surface area contributed by atoms with Crippen LogP contribution in [0.1, 0.15) is 18.5 Å². The van der Waals surface area contributed by atoms with Crippen LogP contribution in [0.4, 0.5) is 0 Å². The molecule has 0 aliphatic carbocycles. The quantitative estimate of drug-likeness (QED) is 0.555. The number of hydrogen-bond acceptors (Lipinski definition) is 6. The minimum atomic E-state index is -0.412. The molecule has 0 amide bonds. The molecule has 1 aliphatic heterocycles. The van der Waals surface area contributed by atoms with E-state index in [2.05, 4.69) is 6.58 Å². The van der Waals surface area contributed by atoms with Crippen molar-refractivity contribution in [3.8, 4) is 0 Å². The van der Waals surface area contributed by atoms with Gasteiger partial charge in [0.25, 0.3) is 0 Å². The number of carbonyl (C=O) groups is 1. The number of methoxy groups -OCH3 is 2. The van der Waals surface area contributed by atoms with Gasteiger partial charge in [-0.3, -0.25) is 0 Å². The van der Waals surface area contributed by atoms with Gasteiger partial charge in [-0.1, -0.05) is 36.4 Å². The molecule has 1 aliphatic rings.